The van der Waals surface area contributed by atoms with Crippen LogP contribution in [0, 0.1) is 5.92 Å². The molecular weight excluding hydrogens is 176 g/mol. The molecule has 0 fully saturated rings. The predicted molar refractivity (Wildman–Crippen MR) is 56.9 cm³/mol. The molecule has 0 amide bonds. The van der Waals surface area contributed by atoms with Crippen LogP contribution in [-0.2, 0) is 9.53 Å². The SMILES string of the molecule is C=CC(=O)OCCC1CC=CCCC1. The van der Waals surface area contributed by atoms with Crippen LogP contribution in [0.25, 0.3) is 0 Å². The van der Waals surface area contributed by atoms with Gasteiger partial charge in [-0.3, -0.25) is 0 Å². The fraction of sp³-hybridized carbons (Fsp3) is 0.583. The van der Waals surface area contributed by atoms with Gasteiger partial charge in [0.15, 0.2) is 0 Å². The summed E-state index contributed by atoms with van der Waals surface area (Å²) >= 11 is 0. The number of hydrogen-bond acceptors (Lipinski definition) is 2. The summed E-state index contributed by atoms with van der Waals surface area (Å²) in [6.45, 7) is 3.89. The summed E-state index contributed by atoms with van der Waals surface area (Å²) in [6, 6.07) is 0. The highest BCUT2D eigenvalue weighted by atomic mass is 16.5. The molecule has 1 atom stereocenters. The number of ether oxygens (including phenoxy) is 1. The molecule has 0 heterocycles. The third kappa shape index (κ3) is 4.26. The molecule has 0 radical (unpaired) electrons. The molecule has 1 aliphatic rings. The number of esters is 1. The van der Waals surface area contributed by atoms with E-state index in [-0.39, 0.29) is 5.97 Å². The van der Waals surface area contributed by atoms with Gasteiger partial charge in [-0.15, -0.1) is 0 Å². The van der Waals surface area contributed by atoms with Crippen LogP contribution in [0.15, 0.2) is 24.8 Å². The standard InChI is InChI=1S/C12H18O2/c1-2-12(13)14-10-9-11-7-5-3-4-6-8-11/h2-3,5,11H,1,4,6-10H2. The molecule has 2 nitrogen and oxygen atoms in total. The van der Waals surface area contributed by atoms with Crippen LogP contribution < -0.4 is 0 Å². The number of hydrogen-bond donors (Lipinski definition) is 0. The van der Waals surface area contributed by atoms with E-state index < -0.39 is 0 Å². The maximum Gasteiger partial charge on any atom is 0.330 e. The minimum atomic E-state index is -0.311. The van der Waals surface area contributed by atoms with Crippen LogP contribution >= 0.6 is 0 Å². The molecule has 1 unspecified atom stereocenters. The first-order valence-corrected chi connectivity index (χ1v) is 5.27. The summed E-state index contributed by atoms with van der Waals surface area (Å²) in [5.74, 6) is 0.375. The van der Waals surface area contributed by atoms with Gasteiger partial charge in [-0.05, 0) is 38.0 Å². The molecule has 78 valence electrons. The van der Waals surface area contributed by atoms with E-state index in [2.05, 4.69) is 18.7 Å². The van der Waals surface area contributed by atoms with Crippen molar-refractivity contribution in [2.24, 2.45) is 5.92 Å². The third-order valence-electron chi connectivity index (χ3n) is 2.56. The highest BCUT2D eigenvalue weighted by molar-refractivity contribution is 5.81. The van der Waals surface area contributed by atoms with Crippen molar-refractivity contribution in [3.05, 3.63) is 24.8 Å². The summed E-state index contributed by atoms with van der Waals surface area (Å²) in [4.78, 5) is 10.8. The van der Waals surface area contributed by atoms with E-state index in [1.54, 1.807) is 0 Å². The molecule has 0 saturated carbocycles. The van der Waals surface area contributed by atoms with Crippen LogP contribution in [0.3, 0.4) is 0 Å². The van der Waals surface area contributed by atoms with E-state index in [1.165, 1.54) is 25.3 Å². The van der Waals surface area contributed by atoms with Gasteiger partial charge in [0.2, 0.25) is 0 Å². The average Bonchev–Trinajstić information content (AvgIpc) is 2.46. The maximum atomic E-state index is 10.8. The number of carbonyl (C=O) groups excluding carboxylic acids is 1. The Labute approximate surface area is 85.6 Å². The second-order valence-corrected chi connectivity index (χ2v) is 3.66. The Balaban J connectivity index is 2.13. The van der Waals surface area contributed by atoms with Crippen molar-refractivity contribution in [2.45, 2.75) is 32.1 Å². The first kappa shape index (κ1) is 11.0. The van der Waals surface area contributed by atoms with Crippen molar-refractivity contribution in [3.8, 4) is 0 Å². The molecule has 0 spiro atoms. The van der Waals surface area contributed by atoms with Crippen molar-refractivity contribution in [2.75, 3.05) is 6.61 Å². The zero-order valence-corrected chi connectivity index (χ0v) is 8.58. The van der Waals surface area contributed by atoms with Crippen LogP contribution in [0.5, 0.6) is 0 Å². The van der Waals surface area contributed by atoms with Gasteiger partial charge in [0.05, 0.1) is 6.61 Å². The predicted octanol–water partition coefficient (Wildman–Crippen LogP) is 2.85. The zero-order valence-electron chi connectivity index (χ0n) is 8.58. The van der Waals surface area contributed by atoms with Gasteiger partial charge in [0.1, 0.15) is 0 Å². The first-order valence-electron chi connectivity index (χ1n) is 5.27. The quantitative estimate of drug-likeness (QED) is 0.391. The summed E-state index contributed by atoms with van der Waals surface area (Å²) in [5.41, 5.74) is 0. The highest BCUT2D eigenvalue weighted by Gasteiger charge is 2.09. The van der Waals surface area contributed by atoms with Crippen molar-refractivity contribution >= 4 is 5.97 Å². The van der Waals surface area contributed by atoms with E-state index in [0.29, 0.717) is 12.5 Å². The van der Waals surface area contributed by atoms with Crippen molar-refractivity contribution in [1.82, 2.24) is 0 Å². The average molecular weight is 194 g/mol. The molecule has 0 aliphatic heterocycles. The molecule has 0 aromatic heterocycles. The largest absolute Gasteiger partial charge is 0.463 e. The molecule has 0 aromatic carbocycles. The Hall–Kier alpha value is -1.05. The zero-order chi connectivity index (χ0) is 10.2. The van der Waals surface area contributed by atoms with E-state index in [4.69, 9.17) is 4.74 Å². The minimum absolute atomic E-state index is 0.311. The lowest BCUT2D eigenvalue weighted by Crippen LogP contribution is -2.07. The van der Waals surface area contributed by atoms with Gasteiger partial charge >= 0.3 is 5.97 Å². The van der Waals surface area contributed by atoms with E-state index in [0.717, 1.165) is 12.8 Å². The molecule has 0 saturated heterocycles. The fourth-order valence-corrected chi connectivity index (χ4v) is 1.70. The molecule has 0 bridgehead atoms. The van der Waals surface area contributed by atoms with Crippen molar-refractivity contribution in [3.63, 3.8) is 0 Å². The molecule has 14 heavy (non-hydrogen) atoms. The Morgan fingerprint density at radius 1 is 1.57 bits per heavy atom. The Morgan fingerprint density at radius 2 is 2.43 bits per heavy atom. The molecule has 0 N–H and O–H groups in total. The lowest BCUT2D eigenvalue weighted by atomic mass is 9.98. The van der Waals surface area contributed by atoms with Crippen LogP contribution in [0.4, 0.5) is 0 Å². The summed E-state index contributed by atoms with van der Waals surface area (Å²) < 4.78 is 4.95. The minimum Gasteiger partial charge on any atom is -0.463 e. The Bertz CT molecular complexity index is 218. The number of carbonyl (C=O) groups is 1. The van der Waals surface area contributed by atoms with Gasteiger partial charge in [0, 0.05) is 6.08 Å². The molecule has 0 aromatic rings. The molecule has 2 heteroatoms. The summed E-state index contributed by atoms with van der Waals surface area (Å²) in [5, 5.41) is 0. The summed E-state index contributed by atoms with van der Waals surface area (Å²) in [6.07, 6.45) is 11.5. The van der Waals surface area contributed by atoms with Crippen LogP contribution in [0.1, 0.15) is 32.1 Å². The fourth-order valence-electron chi connectivity index (χ4n) is 1.70. The highest BCUT2D eigenvalue weighted by Crippen LogP contribution is 2.21. The number of allylic oxidation sites excluding steroid dienone is 2. The normalized spacial score (nSPS) is 21.3. The Morgan fingerprint density at radius 3 is 3.21 bits per heavy atom. The summed E-state index contributed by atoms with van der Waals surface area (Å²) in [7, 11) is 0. The van der Waals surface area contributed by atoms with Crippen LogP contribution in [-0.4, -0.2) is 12.6 Å². The monoisotopic (exact) mass is 194 g/mol. The molecule has 1 aliphatic carbocycles. The number of rotatable bonds is 4. The Kier molecular flexibility index (Phi) is 5.05. The van der Waals surface area contributed by atoms with Gasteiger partial charge in [-0.1, -0.05) is 18.7 Å². The maximum absolute atomic E-state index is 10.8. The third-order valence-corrected chi connectivity index (χ3v) is 2.56. The van der Waals surface area contributed by atoms with Crippen LogP contribution in [0.2, 0.25) is 0 Å². The lowest BCUT2D eigenvalue weighted by Gasteiger charge is -2.12. The topological polar surface area (TPSA) is 26.3 Å². The molecule has 1 rings (SSSR count). The van der Waals surface area contributed by atoms with Crippen molar-refractivity contribution in [1.29, 1.82) is 0 Å². The lowest BCUT2D eigenvalue weighted by molar-refractivity contribution is -0.138. The van der Waals surface area contributed by atoms with Gasteiger partial charge in [0.25, 0.3) is 0 Å². The van der Waals surface area contributed by atoms with Gasteiger partial charge in [-0.25, -0.2) is 4.79 Å². The van der Waals surface area contributed by atoms with Crippen molar-refractivity contribution < 1.29 is 9.53 Å². The smallest absolute Gasteiger partial charge is 0.330 e. The van der Waals surface area contributed by atoms with E-state index >= 15 is 0 Å². The first-order chi connectivity index (χ1) is 6.83. The van der Waals surface area contributed by atoms with E-state index in [1.807, 2.05) is 0 Å². The van der Waals surface area contributed by atoms with Gasteiger partial charge < -0.3 is 4.74 Å². The van der Waals surface area contributed by atoms with E-state index in [9.17, 15) is 4.79 Å². The molecular formula is C12H18O2. The van der Waals surface area contributed by atoms with Gasteiger partial charge in [-0.2, -0.15) is 0 Å². The second-order valence-electron chi connectivity index (χ2n) is 3.66. The second kappa shape index (κ2) is 6.41.